The molecule has 1 aromatic heterocycles. The first kappa shape index (κ1) is 20.8. The number of hydrogen-bond donors (Lipinski definition) is 1. The summed E-state index contributed by atoms with van der Waals surface area (Å²) in [6.45, 7) is 0.239. The van der Waals surface area contributed by atoms with Gasteiger partial charge in [0.05, 0.1) is 28.2 Å². The van der Waals surface area contributed by atoms with Crippen LogP contribution in [0.5, 0.6) is 0 Å². The Hall–Kier alpha value is -3.48. The summed E-state index contributed by atoms with van der Waals surface area (Å²) in [5.41, 5.74) is 3.63. The highest BCUT2D eigenvalue weighted by Crippen LogP contribution is 2.22. The van der Waals surface area contributed by atoms with Crippen molar-refractivity contribution >= 4 is 46.1 Å². The molecular formula is C23H16Cl2N4O2. The average Bonchev–Trinajstić information content (AvgIpc) is 2.78. The minimum atomic E-state index is -0.558. The molecule has 8 heteroatoms. The van der Waals surface area contributed by atoms with Crippen LogP contribution in [0, 0.1) is 0 Å². The molecule has 0 spiro atoms. The van der Waals surface area contributed by atoms with E-state index >= 15 is 0 Å². The van der Waals surface area contributed by atoms with Gasteiger partial charge in [-0.05, 0) is 23.8 Å². The van der Waals surface area contributed by atoms with Gasteiger partial charge >= 0.3 is 0 Å². The Balaban J connectivity index is 1.69. The van der Waals surface area contributed by atoms with E-state index in [0.29, 0.717) is 26.4 Å². The van der Waals surface area contributed by atoms with Crippen LogP contribution in [-0.4, -0.2) is 21.9 Å². The molecular weight excluding hydrogens is 435 g/mol. The van der Waals surface area contributed by atoms with Gasteiger partial charge in [-0.15, -0.1) is 0 Å². The lowest BCUT2D eigenvalue weighted by atomic mass is 10.1. The molecule has 31 heavy (non-hydrogen) atoms. The molecule has 0 fully saturated rings. The predicted octanol–water partition coefficient (Wildman–Crippen LogP) is 4.52. The maximum Gasteiger partial charge on any atom is 0.292 e. The van der Waals surface area contributed by atoms with E-state index in [1.165, 1.54) is 10.9 Å². The number of nitrogens with one attached hydrogen (secondary N) is 1. The molecule has 1 amide bonds. The van der Waals surface area contributed by atoms with Crippen LogP contribution in [-0.2, 0) is 6.54 Å². The van der Waals surface area contributed by atoms with Crippen LogP contribution in [0.3, 0.4) is 0 Å². The van der Waals surface area contributed by atoms with E-state index < -0.39 is 5.91 Å². The van der Waals surface area contributed by atoms with Crippen molar-refractivity contribution in [3.8, 4) is 0 Å². The minimum absolute atomic E-state index is 0.0912. The van der Waals surface area contributed by atoms with Crippen LogP contribution in [0.2, 0.25) is 10.0 Å². The summed E-state index contributed by atoms with van der Waals surface area (Å²) < 4.78 is 1.28. The molecule has 1 N–H and O–H groups in total. The zero-order valence-electron chi connectivity index (χ0n) is 16.1. The number of halogens is 2. The van der Waals surface area contributed by atoms with Gasteiger partial charge in [-0.25, -0.2) is 10.1 Å². The highest BCUT2D eigenvalue weighted by molar-refractivity contribution is 6.38. The summed E-state index contributed by atoms with van der Waals surface area (Å²) in [7, 11) is 0. The number of fused-ring (bicyclic) bond motifs is 1. The van der Waals surface area contributed by atoms with E-state index in [0.717, 1.165) is 5.56 Å². The Morgan fingerprint density at radius 1 is 0.935 bits per heavy atom. The van der Waals surface area contributed by atoms with Gasteiger partial charge in [-0.1, -0.05) is 77.8 Å². The average molecular weight is 451 g/mol. The third-order valence-electron chi connectivity index (χ3n) is 4.62. The zero-order chi connectivity index (χ0) is 21.8. The number of carbonyl (C=O) groups excluding carboxylic acids is 1. The Labute approximate surface area is 187 Å². The number of nitrogens with zero attached hydrogens (tertiary/aromatic N) is 3. The molecule has 4 rings (SSSR count). The summed E-state index contributed by atoms with van der Waals surface area (Å²) in [6, 6.07) is 21.3. The fourth-order valence-corrected chi connectivity index (χ4v) is 3.60. The second-order valence-electron chi connectivity index (χ2n) is 6.68. The van der Waals surface area contributed by atoms with E-state index in [1.54, 1.807) is 42.5 Å². The monoisotopic (exact) mass is 450 g/mol. The lowest BCUT2D eigenvalue weighted by Crippen LogP contribution is -2.29. The standard InChI is InChI=1S/C23H16Cl2N4O2/c24-19-11-6-12-20(25)18(19)13-26-27-22(30)21-16-9-4-5-10-17(16)23(31)29(28-21)14-15-7-2-1-3-8-15/h1-13H,14H2,(H,27,30)/b26-13-. The van der Waals surface area contributed by atoms with Crippen LogP contribution in [0.4, 0.5) is 0 Å². The van der Waals surface area contributed by atoms with Gasteiger partial charge < -0.3 is 0 Å². The Kier molecular flexibility index (Phi) is 6.11. The zero-order valence-corrected chi connectivity index (χ0v) is 17.6. The van der Waals surface area contributed by atoms with Crippen molar-refractivity contribution in [3.05, 3.63) is 110 Å². The van der Waals surface area contributed by atoms with Gasteiger partial charge in [0, 0.05) is 10.9 Å². The Morgan fingerprint density at radius 2 is 1.58 bits per heavy atom. The van der Waals surface area contributed by atoms with E-state index in [9.17, 15) is 9.59 Å². The molecule has 0 unspecified atom stereocenters. The molecule has 6 nitrogen and oxygen atoms in total. The Morgan fingerprint density at radius 3 is 2.29 bits per heavy atom. The molecule has 0 bridgehead atoms. The first-order chi connectivity index (χ1) is 15.0. The SMILES string of the molecule is O=C(N/N=C\c1c(Cl)cccc1Cl)c1nn(Cc2ccccc2)c(=O)c2ccccc12. The second-order valence-corrected chi connectivity index (χ2v) is 7.49. The van der Waals surface area contributed by atoms with Gasteiger partial charge in [0.25, 0.3) is 11.5 Å². The predicted molar refractivity (Wildman–Crippen MR) is 123 cm³/mol. The number of rotatable bonds is 5. The van der Waals surface area contributed by atoms with Crippen molar-refractivity contribution < 1.29 is 4.79 Å². The van der Waals surface area contributed by atoms with Crippen molar-refractivity contribution in [2.75, 3.05) is 0 Å². The minimum Gasteiger partial charge on any atom is -0.267 e. The van der Waals surface area contributed by atoms with Crippen LogP contribution < -0.4 is 11.0 Å². The van der Waals surface area contributed by atoms with Crippen LogP contribution in [0.1, 0.15) is 21.6 Å². The maximum absolute atomic E-state index is 12.9. The van der Waals surface area contributed by atoms with E-state index in [1.807, 2.05) is 30.3 Å². The van der Waals surface area contributed by atoms with Crippen LogP contribution >= 0.6 is 23.2 Å². The summed E-state index contributed by atoms with van der Waals surface area (Å²) in [6.07, 6.45) is 1.37. The van der Waals surface area contributed by atoms with Crippen molar-refractivity contribution in [1.82, 2.24) is 15.2 Å². The Bertz CT molecular complexity index is 1330. The fourth-order valence-electron chi connectivity index (χ4n) is 3.11. The van der Waals surface area contributed by atoms with E-state index in [4.69, 9.17) is 23.2 Å². The van der Waals surface area contributed by atoms with Gasteiger partial charge in [0.1, 0.15) is 0 Å². The third kappa shape index (κ3) is 4.50. The van der Waals surface area contributed by atoms with Crippen molar-refractivity contribution in [2.45, 2.75) is 6.54 Å². The fraction of sp³-hybridized carbons (Fsp3) is 0.0435. The maximum atomic E-state index is 12.9. The summed E-state index contributed by atoms with van der Waals surface area (Å²) in [5, 5.41) is 9.94. The lowest BCUT2D eigenvalue weighted by Gasteiger charge is -2.10. The quantitative estimate of drug-likeness (QED) is 0.358. The van der Waals surface area contributed by atoms with Crippen LogP contribution in [0.15, 0.2) is 82.7 Å². The molecule has 3 aromatic carbocycles. The third-order valence-corrected chi connectivity index (χ3v) is 5.28. The molecule has 0 radical (unpaired) electrons. The van der Waals surface area contributed by atoms with Gasteiger partial charge in [0.15, 0.2) is 5.69 Å². The van der Waals surface area contributed by atoms with Gasteiger partial charge in [0.2, 0.25) is 0 Å². The van der Waals surface area contributed by atoms with Crippen molar-refractivity contribution in [3.63, 3.8) is 0 Å². The first-order valence-electron chi connectivity index (χ1n) is 9.36. The number of benzene rings is 3. The topological polar surface area (TPSA) is 76.3 Å². The van der Waals surface area contributed by atoms with Gasteiger partial charge in [-0.2, -0.15) is 10.2 Å². The smallest absolute Gasteiger partial charge is 0.267 e. The highest BCUT2D eigenvalue weighted by atomic mass is 35.5. The lowest BCUT2D eigenvalue weighted by molar-refractivity contribution is 0.0949. The molecule has 0 atom stereocenters. The normalized spacial score (nSPS) is 11.2. The van der Waals surface area contributed by atoms with Crippen LogP contribution in [0.25, 0.3) is 10.8 Å². The van der Waals surface area contributed by atoms with Crippen molar-refractivity contribution in [2.24, 2.45) is 5.10 Å². The van der Waals surface area contributed by atoms with E-state index in [-0.39, 0.29) is 17.8 Å². The molecule has 0 saturated carbocycles. The second kappa shape index (κ2) is 9.12. The number of amides is 1. The molecule has 154 valence electrons. The van der Waals surface area contributed by atoms with Crippen molar-refractivity contribution in [1.29, 1.82) is 0 Å². The largest absolute Gasteiger partial charge is 0.292 e. The number of carbonyl (C=O) groups is 1. The highest BCUT2D eigenvalue weighted by Gasteiger charge is 2.16. The number of aromatic nitrogens is 2. The molecule has 0 aliphatic heterocycles. The summed E-state index contributed by atoms with van der Waals surface area (Å²) in [4.78, 5) is 25.8. The molecule has 4 aromatic rings. The first-order valence-corrected chi connectivity index (χ1v) is 10.1. The molecule has 0 aliphatic rings. The molecule has 1 heterocycles. The number of hydrogen-bond acceptors (Lipinski definition) is 4. The molecule has 0 saturated heterocycles. The number of hydrazone groups is 1. The summed E-state index contributed by atoms with van der Waals surface area (Å²) in [5.74, 6) is -0.558. The van der Waals surface area contributed by atoms with E-state index in [2.05, 4.69) is 15.6 Å². The van der Waals surface area contributed by atoms with Gasteiger partial charge in [-0.3, -0.25) is 9.59 Å². The summed E-state index contributed by atoms with van der Waals surface area (Å²) >= 11 is 12.2. The molecule has 0 aliphatic carbocycles.